The lowest BCUT2D eigenvalue weighted by atomic mass is 10.2. The van der Waals surface area contributed by atoms with Gasteiger partial charge in [0.1, 0.15) is 11.6 Å². The number of nitrogens with one attached hydrogen (secondary N) is 1. The number of aromatic nitrogens is 2. The predicted molar refractivity (Wildman–Crippen MR) is 66.2 cm³/mol. The third-order valence-corrected chi connectivity index (χ3v) is 2.42. The van der Waals surface area contributed by atoms with Gasteiger partial charge in [-0.25, -0.2) is 8.78 Å². The van der Waals surface area contributed by atoms with E-state index in [0.717, 1.165) is 12.6 Å². The van der Waals surface area contributed by atoms with Crippen molar-refractivity contribution in [2.75, 3.05) is 6.54 Å². The topological polar surface area (TPSA) is 51.0 Å². The van der Waals surface area contributed by atoms with E-state index in [-0.39, 0.29) is 11.4 Å². The first kappa shape index (κ1) is 13.6. The summed E-state index contributed by atoms with van der Waals surface area (Å²) in [6.45, 7) is 5.43. The van der Waals surface area contributed by atoms with Gasteiger partial charge in [-0.05, 0) is 24.6 Å². The minimum atomic E-state index is -0.667. The van der Waals surface area contributed by atoms with Gasteiger partial charge in [-0.15, -0.1) is 0 Å². The van der Waals surface area contributed by atoms with Crippen LogP contribution in [0.1, 0.15) is 19.7 Å². The maximum atomic E-state index is 13.1. The van der Waals surface area contributed by atoms with E-state index >= 15 is 0 Å². The van der Waals surface area contributed by atoms with Crippen molar-refractivity contribution in [2.24, 2.45) is 5.92 Å². The Bertz CT molecular complexity index is 534. The molecule has 0 atom stereocenters. The molecule has 1 aromatic heterocycles. The molecule has 1 N–H and O–H groups in total. The molecule has 0 aliphatic heterocycles. The third kappa shape index (κ3) is 3.82. The normalized spacial score (nSPS) is 11.2. The van der Waals surface area contributed by atoms with Crippen molar-refractivity contribution >= 4 is 0 Å². The second kappa shape index (κ2) is 5.88. The van der Waals surface area contributed by atoms with Gasteiger partial charge in [-0.2, -0.15) is 4.98 Å². The smallest absolute Gasteiger partial charge is 0.240 e. The highest BCUT2D eigenvalue weighted by molar-refractivity contribution is 5.54. The number of benzene rings is 1. The van der Waals surface area contributed by atoms with Crippen LogP contribution in [0.15, 0.2) is 22.7 Å². The predicted octanol–water partition coefficient (Wildman–Crippen LogP) is 2.76. The van der Waals surface area contributed by atoms with E-state index < -0.39 is 11.6 Å². The summed E-state index contributed by atoms with van der Waals surface area (Å²) in [4.78, 5) is 4.09. The highest BCUT2D eigenvalue weighted by atomic mass is 19.1. The zero-order valence-electron chi connectivity index (χ0n) is 10.8. The van der Waals surface area contributed by atoms with E-state index in [1.54, 1.807) is 0 Å². The van der Waals surface area contributed by atoms with Crippen LogP contribution in [0, 0.1) is 17.6 Å². The summed E-state index contributed by atoms with van der Waals surface area (Å²) >= 11 is 0. The first-order valence-electron chi connectivity index (χ1n) is 6.04. The van der Waals surface area contributed by atoms with Gasteiger partial charge in [-0.3, -0.25) is 0 Å². The first-order chi connectivity index (χ1) is 9.04. The second-order valence-electron chi connectivity index (χ2n) is 4.69. The monoisotopic (exact) mass is 267 g/mol. The first-order valence-corrected chi connectivity index (χ1v) is 6.04. The lowest BCUT2D eigenvalue weighted by Crippen LogP contribution is -2.19. The molecule has 2 aromatic rings. The number of rotatable bonds is 5. The average molecular weight is 267 g/mol. The van der Waals surface area contributed by atoms with Crippen molar-refractivity contribution in [3.05, 3.63) is 35.7 Å². The van der Waals surface area contributed by atoms with Crippen LogP contribution < -0.4 is 5.32 Å². The molecule has 0 unspecified atom stereocenters. The molecule has 0 spiro atoms. The van der Waals surface area contributed by atoms with Gasteiger partial charge in [0.25, 0.3) is 0 Å². The molecule has 1 aromatic carbocycles. The Hall–Kier alpha value is -1.82. The van der Waals surface area contributed by atoms with E-state index in [1.165, 1.54) is 12.1 Å². The number of nitrogens with zero attached hydrogens (tertiary/aromatic N) is 2. The quantitative estimate of drug-likeness (QED) is 0.905. The van der Waals surface area contributed by atoms with Crippen molar-refractivity contribution in [3.63, 3.8) is 0 Å². The van der Waals surface area contributed by atoms with Gasteiger partial charge < -0.3 is 9.84 Å². The Balaban J connectivity index is 2.07. The van der Waals surface area contributed by atoms with Crippen molar-refractivity contribution in [3.8, 4) is 11.4 Å². The molecule has 0 aliphatic rings. The van der Waals surface area contributed by atoms with E-state index in [1.807, 2.05) is 0 Å². The van der Waals surface area contributed by atoms with Crippen molar-refractivity contribution in [1.29, 1.82) is 0 Å². The maximum Gasteiger partial charge on any atom is 0.240 e. The van der Waals surface area contributed by atoms with Crippen LogP contribution in [0.25, 0.3) is 11.4 Å². The average Bonchev–Trinajstić information content (AvgIpc) is 2.76. The molecule has 6 heteroatoms. The van der Waals surface area contributed by atoms with Gasteiger partial charge in [0.2, 0.25) is 11.7 Å². The van der Waals surface area contributed by atoms with Crippen molar-refractivity contribution in [1.82, 2.24) is 15.5 Å². The molecule has 19 heavy (non-hydrogen) atoms. The van der Waals surface area contributed by atoms with Crippen LogP contribution >= 0.6 is 0 Å². The van der Waals surface area contributed by atoms with Crippen LogP contribution in [0.4, 0.5) is 8.78 Å². The molecule has 0 aliphatic carbocycles. The Labute approximate surface area is 109 Å². The Morgan fingerprint density at radius 2 is 1.89 bits per heavy atom. The van der Waals surface area contributed by atoms with Crippen molar-refractivity contribution in [2.45, 2.75) is 20.4 Å². The summed E-state index contributed by atoms with van der Waals surface area (Å²) in [5, 5.41) is 6.85. The van der Waals surface area contributed by atoms with E-state index in [9.17, 15) is 8.78 Å². The van der Waals surface area contributed by atoms with E-state index in [2.05, 4.69) is 29.3 Å². The summed E-state index contributed by atoms with van der Waals surface area (Å²) in [6, 6.07) is 3.13. The third-order valence-electron chi connectivity index (χ3n) is 2.42. The number of hydrogen-bond acceptors (Lipinski definition) is 4. The maximum absolute atomic E-state index is 13.1. The van der Waals surface area contributed by atoms with Crippen LogP contribution in [-0.2, 0) is 6.54 Å². The fraction of sp³-hybridized carbons (Fsp3) is 0.385. The highest BCUT2D eigenvalue weighted by Crippen LogP contribution is 2.18. The van der Waals surface area contributed by atoms with Crippen LogP contribution in [0.2, 0.25) is 0 Å². The zero-order chi connectivity index (χ0) is 13.8. The Kier molecular flexibility index (Phi) is 4.21. The van der Waals surface area contributed by atoms with Crippen molar-refractivity contribution < 1.29 is 13.3 Å². The fourth-order valence-corrected chi connectivity index (χ4v) is 1.59. The second-order valence-corrected chi connectivity index (χ2v) is 4.69. The van der Waals surface area contributed by atoms with Gasteiger partial charge in [0.15, 0.2) is 0 Å². The number of hydrogen-bond donors (Lipinski definition) is 1. The minimum Gasteiger partial charge on any atom is -0.338 e. The standard InChI is InChI=1S/C13H15F2N3O/c1-8(2)6-16-7-12-17-13(18-19-12)9-3-10(14)5-11(15)4-9/h3-5,8,16H,6-7H2,1-2H3. The van der Waals surface area contributed by atoms with E-state index in [0.29, 0.717) is 18.4 Å². The zero-order valence-corrected chi connectivity index (χ0v) is 10.8. The summed E-state index contributed by atoms with van der Waals surface area (Å²) < 4.78 is 31.2. The molecule has 0 saturated heterocycles. The molecule has 0 bridgehead atoms. The molecular formula is C13H15F2N3O. The summed E-state index contributed by atoms with van der Waals surface area (Å²) in [6.07, 6.45) is 0. The molecule has 0 fully saturated rings. The summed E-state index contributed by atoms with van der Waals surface area (Å²) in [5.74, 6) is -0.252. The molecule has 1 heterocycles. The Morgan fingerprint density at radius 3 is 2.53 bits per heavy atom. The molecule has 0 saturated carbocycles. The van der Waals surface area contributed by atoms with E-state index in [4.69, 9.17) is 4.52 Å². The summed E-state index contributed by atoms with van der Waals surface area (Å²) in [5.41, 5.74) is 0.261. The minimum absolute atomic E-state index is 0.180. The largest absolute Gasteiger partial charge is 0.338 e. The molecular weight excluding hydrogens is 252 g/mol. The van der Waals surface area contributed by atoms with Gasteiger partial charge in [0, 0.05) is 11.6 Å². The van der Waals surface area contributed by atoms with Gasteiger partial charge in [0.05, 0.1) is 6.54 Å². The van der Waals surface area contributed by atoms with Crippen LogP contribution in [0.5, 0.6) is 0 Å². The molecule has 0 amide bonds. The lowest BCUT2D eigenvalue weighted by molar-refractivity contribution is 0.364. The fourth-order valence-electron chi connectivity index (χ4n) is 1.59. The van der Waals surface area contributed by atoms with Crippen LogP contribution in [0.3, 0.4) is 0 Å². The summed E-state index contributed by atoms with van der Waals surface area (Å²) in [7, 11) is 0. The Morgan fingerprint density at radius 1 is 1.21 bits per heavy atom. The molecule has 102 valence electrons. The molecule has 4 nitrogen and oxygen atoms in total. The SMILES string of the molecule is CC(C)CNCc1nc(-c2cc(F)cc(F)c2)no1. The molecule has 2 rings (SSSR count). The number of halogens is 2. The lowest BCUT2D eigenvalue weighted by Gasteiger charge is -2.03. The molecule has 0 radical (unpaired) electrons. The highest BCUT2D eigenvalue weighted by Gasteiger charge is 2.10. The van der Waals surface area contributed by atoms with Gasteiger partial charge >= 0.3 is 0 Å². The van der Waals surface area contributed by atoms with Gasteiger partial charge in [-0.1, -0.05) is 19.0 Å². The van der Waals surface area contributed by atoms with Crippen LogP contribution in [-0.4, -0.2) is 16.7 Å².